The Balaban J connectivity index is 1.99. The van der Waals surface area contributed by atoms with Crippen LogP contribution in [0.25, 0.3) is 0 Å². The van der Waals surface area contributed by atoms with E-state index in [1.54, 1.807) is 7.11 Å². The highest BCUT2D eigenvalue weighted by atomic mass is 16.5. The van der Waals surface area contributed by atoms with Crippen molar-refractivity contribution in [3.63, 3.8) is 0 Å². The van der Waals surface area contributed by atoms with E-state index in [0.29, 0.717) is 12.8 Å². The number of hydrogen-bond donors (Lipinski definition) is 1. The Morgan fingerprint density at radius 1 is 1.14 bits per heavy atom. The topological polar surface area (TPSA) is 52.3 Å². The van der Waals surface area contributed by atoms with Crippen LogP contribution >= 0.6 is 0 Å². The van der Waals surface area contributed by atoms with Crippen molar-refractivity contribution in [2.24, 2.45) is 0 Å². The molecule has 3 heteroatoms. The highest BCUT2D eigenvalue weighted by molar-refractivity contribution is 5.82. The number of rotatable bonds is 6. The maximum atomic E-state index is 12.3. The Morgan fingerprint density at radius 3 is 2.48 bits per heavy atom. The normalized spacial score (nSPS) is 11.9. The summed E-state index contributed by atoms with van der Waals surface area (Å²) in [5.74, 6) is 1.17. The van der Waals surface area contributed by atoms with Crippen molar-refractivity contribution in [2.45, 2.75) is 25.7 Å². The number of carbonyl (C=O) groups is 1. The van der Waals surface area contributed by atoms with Gasteiger partial charge in [0.2, 0.25) is 0 Å². The molecule has 0 radical (unpaired) electrons. The van der Waals surface area contributed by atoms with Gasteiger partial charge in [-0.2, -0.15) is 0 Å². The SMILES string of the molecule is COc1ccccc1CC(=O)CC(C)c1ccc(N)cc1. The molecule has 0 saturated carbocycles. The molecule has 0 saturated heterocycles. The van der Waals surface area contributed by atoms with Crippen LogP contribution in [-0.4, -0.2) is 12.9 Å². The number of nitrogens with two attached hydrogens (primary N) is 1. The molecular formula is C18H21NO2. The van der Waals surface area contributed by atoms with E-state index in [4.69, 9.17) is 10.5 Å². The predicted octanol–water partition coefficient (Wildman–Crippen LogP) is 3.58. The van der Waals surface area contributed by atoms with Gasteiger partial charge in [-0.25, -0.2) is 0 Å². The summed E-state index contributed by atoms with van der Waals surface area (Å²) in [4.78, 5) is 12.3. The molecule has 3 nitrogen and oxygen atoms in total. The van der Waals surface area contributed by atoms with Crippen LogP contribution in [0.3, 0.4) is 0 Å². The lowest BCUT2D eigenvalue weighted by Gasteiger charge is -2.12. The molecule has 2 aromatic rings. The summed E-state index contributed by atoms with van der Waals surface area (Å²) in [5.41, 5.74) is 8.50. The van der Waals surface area contributed by atoms with Gasteiger partial charge in [0, 0.05) is 24.1 Å². The van der Waals surface area contributed by atoms with Crippen molar-refractivity contribution in [3.8, 4) is 5.75 Å². The molecule has 2 aromatic carbocycles. The summed E-state index contributed by atoms with van der Waals surface area (Å²) in [6.07, 6.45) is 0.922. The van der Waals surface area contributed by atoms with Gasteiger partial charge in [-0.05, 0) is 29.7 Å². The van der Waals surface area contributed by atoms with Crippen LogP contribution in [0.4, 0.5) is 5.69 Å². The maximum absolute atomic E-state index is 12.3. The number of benzene rings is 2. The second kappa shape index (κ2) is 6.93. The summed E-state index contributed by atoms with van der Waals surface area (Å²) >= 11 is 0. The van der Waals surface area contributed by atoms with Crippen molar-refractivity contribution in [1.82, 2.24) is 0 Å². The van der Waals surface area contributed by atoms with Gasteiger partial charge in [-0.3, -0.25) is 4.79 Å². The third-order valence-electron chi connectivity index (χ3n) is 3.62. The van der Waals surface area contributed by atoms with Crippen LogP contribution in [-0.2, 0) is 11.2 Å². The molecule has 0 aliphatic carbocycles. The van der Waals surface area contributed by atoms with E-state index in [1.807, 2.05) is 48.5 Å². The van der Waals surface area contributed by atoms with Gasteiger partial charge in [0.25, 0.3) is 0 Å². The minimum atomic E-state index is 0.188. The fraction of sp³-hybridized carbons (Fsp3) is 0.278. The second-order valence-electron chi connectivity index (χ2n) is 5.30. The van der Waals surface area contributed by atoms with Gasteiger partial charge in [0.15, 0.2) is 0 Å². The van der Waals surface area contributed by atoms with E-state index in [0.717, 1.165) is 22.6 Å². The van der Waals surface area contributed by atoms with Crippen LogP contribution < -0.4 is 10.5 Å². The van der Waals surface area contributed by atoms with Crippen molar-refractivity contribution in [2.75, 3.05) is 12.8 Å². The second-order valence-corrected chi connectivity index (χ2v) is 5.30. The average Bonchev–Trinajstić information content (AvgIpc) is 2.48. The molecule has 0 aliphatic rings. The van der Waals surface area contributed by atoms with Gasteiger partial charge in [0.05, 0.1) is 7.11 Å². The van der Waals surface area contributed by atoms with E-state index in [2.05, 4.69) is 6.92 Å². The lowest BCUT2D eigenvalue weighted by atomic mass is 9.93. The Labute approximate surface area is 125 Å². The highest BCUT2D eigenvalue weighted by Gasteiger charge is 2.13. The quantitative estimate of drug-likeness (QED) is 0.824. The number of methoxy groups -OCH3 is 1. The Hall–Kier alpha value is -2.29. The number of para-hydroxylation sites is 1. The minimum Gasteiger partial charge on any atom is -0.496 e. The van der Waals surface area contributed by atoms with Gasteiger partial charge in [-0.15, -0.1) is 0 Å². The number of nitrogen functional groups attached to an aromatic ring is 1. The first-order valence-electron chi connectivity index (χ1n) is 7.09. The molecule has 1 atom stereocenters. The number of ketones is 1. The van der Waals surface area contributed by atoms with Crippen LogP contribution in [0.5, 0.6) is 5.75 Å². The Morgan fingerprint density at radius 2 is 1.81 bits per heavy atom. The van der Waals surface area contributed by atoms with Crippen molar-refractivity contribution in [3.05, 3.63) is 59.7 Å². The van der Waals surface area contributed by atoms with E-state index >= 15 is 0 Å². The zero-order chi connectivity index (χ0) is 15.2. The number of ether oxygens (including phenoxy) is 1. The summed E-state index contributed by atoms with van der Waals surface area (Å²) in [6.45, 7) is 2.06. The first kappa shape index (κ1) is 15.1. The van der Waals surface area contributed by atoms with Crippen molar-refractivity contribution < 1.29 is 9.53 Å². The average molecular weight is 283 g/mol. The highest BCUT2D eigenvalue weighted by Crippen LogP contribution is 2.23. The lowest BCUT2D eigenvalue weighted by molar-refractivity contribution is -0.118. The van der Waals surface area contributed by atoms with Crippen LogP contribution in [0.2, 0.25) is 0 Å². The molecule has 0 fully saturated rings. The van der Waals surface area contributed by atoms with Crippen LogP contribution in [0.15, 0.2) is 48.5 Å². The molecule has 2 rings (SSSR count). The summed E-state index contributed by atoms with van der Waals surface area (Å²) in [6, 6.07) is 15.4. The third-order valence-corrected chi connectivity index (χ3v) is 3.62. The molecule has 110 valence electrons. The molecule has 0 spiro atoms. The van der Waals surface area contributed by atoms with Gasteiger partial charge < -0.3 is 10.5 Å². The molecule has 0 heterocycles. The van der Waals surface area contributed by atoms with Crippen LogP contribution in [0.1, 0.15) is 30.4 Å². The minimum absolute atomic E-state index is 0.188. The molecule has 0 bridgehead atoms. The number of anilines is 1. The van der Waals surface area contributed by atoms with E-state index in [1.165, 1.54) is 0 Å². The zero-order valence-electron chi connectivity index (χ0n) is 12.5. The fourth-order valence-corrected chi connectivity index (χ4v) is 2.42. The van der Waals surface area contributed by atoms with E-state index < -0.39 is 0 Å². The largest absolute Gasteiger partial charge is 0.496 e. The van der Waals surface area contributed by atoms with Gasteiger partial charge >= 0.3 is 0 Å². The van der Waals surface area contributed by atoms with Crippen molar-refractivity contribution in [1.29, 1.82) is 0 Å². The number of Topliss-reactive ketones (excluding diaryl/α,β-unsaturated/α-hetero) is 1. The number of hydrogen-bond acceptors (Lipinski definition) is 3. The molecule has 0 aliphatic heterocycles. The Bertz CT molecular complexity index is 605. The molecule has 2 N–H and O–H groups in total. The van der Waals surface area contributed by atoms with Crippen molar-refractivity contribution >= 4 is 11.5 Å². The molecule has 21 heavy (non-hydrogen) atoms. The predicted molar refractivity (Wildman–Crippen MR) is 85.6 cm³/mol. The summed E-state index contributed by atoms with van der Waals surface area (Å²) < 4.78 is 5.28. The summed E-state index contributed by atoms with van der Waals surface area (Å²) in [5, 5.41) is 0. The third kappa shape index (κ3) is 4.09. The maximum Gasteiger partial charge on any atom is 0.138 e. The summed E-state index contributed by atoms with van der Waals surface area (Å²) in [7, 11) is 1.63. The standard InChI is InChI=1S/C18H21NO2/c1-13(14-7-9-16(19)10-8-14)11-17(20)12-15-5-3-4-6-18(15)21-2/h3-10,13H,11-12,19H2,1-2H3. The lowest BCUT2D eigenvalue weighted by Crippen LogP contribution is -2.08. The molecule has 1 unspecified atom stereocenters. The Kier molecular flexibility index (Phi) is 4.99. The monoisotopic (exact) mass is 283 g/mol. The molecule has 0 aromatic heterocycles. The first-order valence-corrected chi connectivity index (χ1v) is 7.09. The molecular weight excluding hydrogens is 262 g/mol. The fourth-order valence-electron chi connectivity index (χ4n) is 2.42. The molecule has 0 amide bonds. The van der Waals surface area contributed by atoms with Crippen LogP contribution in [0, 0.1) is 0 Å². The van der Waals surface area contributed by atoms with Gasteiger partial charge in [0.1, 0.15) is 11.5 Å². The van der Waals surface area contributed by atoms with E-state index in [-0.39, 0.29) is 11.7 Å². The number of carbonyl (C=O) groups excluding carboxylic acids is 1. The van der Waals surface area contributed by atoms with E-state index in [9.17, 15) is 4.79 Å². The zero-order valence-corrected chi connectivity index (χ0v) is 12.5. The first-order chi connectivity index (χ1) is 10.1. The smallest absolute Gasteiger partial charge is 0.138 e. The van der Waals surface area contributed by atoms with Gasteiger partial charge in [-0.1, -0.05) is 37.3 Å².